The molecule has 0 spiro atoms. The molecule has 2 aromatic carbocycles. The molecule has 1 fully saturated rings. The van der Waals surface area contributed by atoms with Gasteiger partial charge in [-0.2, -0.15) is 0 Å². The minimum atomic E-state index is -1.04. The van der Waals surface area contributed by atoms with Gasteiger partial charge in [-0.25, -0.2) is 9.37 Å². The van der Waals surface area contributed by atoms with Gasteiger partial charge in [0.25, 0.3) is 5.91 Å². The number of halogens is 1. The number of aryl methyl sites for hydroxylation is 1. The van der Waals surface area contributed by atoms with Crippen LogP contribution in [0.4, 0.5) is 9.52 Å². The van der Waals surface area contributed by atoms with Crippen molar-refractivity contribution in [2.75, 3.05) is 11.5 Å². The molecule has 8 heteroatoms. The van der Waals surface area contributed by atoms with Crippen LogP contribution in [0, 0.1) is 12.8 Å². The van der Waals surface area contributed by atoms with Gasteiger partial charge in [-0.1, -0.05) is 29.5 Å². The number of hydrogen-bond acceptors (Lipinski definition) is 6. The van der Waals surface area contributed by atoms with Gasteiger partial charge in [-0.3, -0.25) is 14.5 Å². The van der Waals surface area contributed by atoms with Gasteiger partial charge in [-0.05, 0) is 68.5 Å². The number of hydrogen-bond donors (Lipinski definition) is 0. The normalized spacial score (nSPS) is 26.1. The number of carbonyl (C=O) groups is 2. The van der Waals surface area contributed by atoms with Crippen molar-refractivity contribution in [1.29, 1.82) is 0 Å². The number of ketones is 1. The molecule has 35 heavy (non-hydrogen) atoms. The average Bonchev–Trinajstić information content (AvgIpc) is 3.38. The minimum Gasteiger partial charge on any atom is -0.494 e. The Kier molecular flexibility index (Phi) is 5.36. The van der Waals surface area contributed by atoms with Crippen molar-refractivity contribution in [2.45, 2.75) is 51.4 Å². The van der Waals surface area contributed by atoms with Crippen LogP contribution in [0.1, 0.15) is 43.4 Å². The number of thiazole rings is 1. The van der Waals surface area contributed by atoms with E-state index in [-0.39, 0.29) is 23.9 Å². The lowest BCUT2D eigenvalue weighted by atomic mass is 9.77. The quantitative estimate of drug-likeness (QED) is 0.484. The van der Waals surface area contributed by atoms with Gasteiger partial charge in [-0.15, -0.1) is 0 Å². The van der Waals surface area contributed by atoms with Gasteiger partial charge in [0.05, 0.1) is 34.4 Å². The number of rotatable bonds is 4. The fourth-order valence-electron chi connectivity index (χ4n) is 5.39. The second-order valence-electron chi connectivity index (χ2n) is 9.33. The second-order valence-corrected chi connectivity index (χ2v) is 10.3. The Morgan fingerprint density at radius 3 is 2.89 bits per heavy atom. The summed E-state index contributed by atoms with van der Waals surface area (Å²) in [6.45, 7) is 4.40. The number of nitrogens with zero attached hydrogens (tertiary/aromatic N) is 2. The number of Topliss-reactive ketones (excluding diaryl/α,β-unsaturated/α-hetero) is 1. The van der Waals surface area contributed by atoms with Crippen LogP contribution in [0.15, 0.2) is 53.8 Å². The molecule has 0 N–H and O–H groups in total. The Bertz CT molecular complexity index is 1380. The summed E-state index contributed by atoms with van der Waals surface area (Å²) in [5.74, 6) is -0.429. The number of amides is 1. The molecule has 4 atom stereocenters. The number of benzene rings is 2. The Morgan fingerprint density at radius 2 is 2.06 bits per heavy atom. The highest BCUT2D eigenvalue weighted by Crippen LogP contribution is 2.50. The monoisotopic (exact) mass is 492 g/mol. The lowest BCUT2D eigenvalue weighted by Crippen LogP contribution is -2.42. The molecule has 3 heterocycles. The Balaban J connectivity index is 1.50. The summed E-state index contributed by atoms with van der Waals surface area (Å²) in [5.41, 5.74) is 2.92. The van der Waals surface area contributed by atoms with Crippen molar-refractivity contribution in [2.24, 2.45) is 5.92 Å². The summed E-state index contributed by atoms with van der Waals surface area (Å²) in [6.07, 6.45) is -0.615. The van der Waals surface area contributed by atoms with Gasteiger partial charge in [0, 0.05) is 0 Å². The van der Waals surface area contributed by atoms with Crippen molar-refractivity contribution in [3.8, 4) is 5.75 Å². The predicted molar refractivity (Wildman–Crippen MR) is 131 cm³/mol. The van der Waals surface area contributed by atoms with E-state index in [1.807, 2.05) is 56.3 Å². The molecule has 4 unspecified atom stereocenters. The molecule has 0 saturated heterocycles. The van der Waals surface area contributed by atoms with E-state index in [2.05, 4.69) is 0 Å². The van der Waals surface area contributed by atoms with Crippen LogP contribution in [0.25, 0.3) is 10.2 Å². The fourth-order valence-corrected chi connectivity index (χ4v) is 6.48. The van der Waals surface area contributed by atoms with Crippen LogP contribution >= 0.6 is 11.3 Å². The van der Waals surface area contributed by atoms with E-state index in [1.54, 1.807) is 4.90 Å². The van der Waals surface area contributed by atoms with Crippen molar-refractivity contribution < 1.29 is 23.5 Å². The molecule has 1 aliphatic carbocycles. The molecule has 3 aliphatic rings. The van der Waals surface area contributed by atoms with E-state index in [0.717, 1.165) is 21.3 Å². The van der Waals surface area contributed by atoms with Crippen molar-refractivity contribution in [1.82, 2.24) is 4.98 Å². The number of ether oxygens (including phenoxy) is 2. The molecule has 6 rings (SSSR count). The smallest absolute Gasteiger partial charge is 0.296 e. The SMILES string of the molecule is CCOc1cccc(C2C3=C(OC4CCC(F)CC4C3=O)C(=O)N2c2nc3ccc(C)cc3s2)c1. The van der Waals surface area contributed by atoms with Crippen LogP contribution in [-0.4, -0.2) is 35.6 Å². The van der Waals surface area contributed by atoms with Crippen LogP contribution in [-0.2, 0) is 14.3 Å². The van der Waals surface area contributed by atoms with Crippen LogP contribution in [0.3, 0.4) is 0 Å². The standard InChI is InChI=1S/C27H25FN2O4S/c1-3-33-17-6-4-5-15(12-17)23-22-24(31)18-13-16(28)8-10-20(18)34-25(22)26(32)30(23)27-29-19-9-7-14(2)11-21(19)35-27/h4-7,9,11-12,16,18,20,23H,3,8,10,13H2,1-2H3. The van der Waals surface area contributed by atoms with E-state index in [9.17, 15) is 14.0 Å². The molecule has 3 aromatic rings. The summed E-state index contributed by atoms with van der Waals surface area (Å²) in [6, 6.07) is 12.6. The molecule has 1 aromatic heterocycles. The lowest BCUT2D eigenvalue weighted by molar-refractivity contribution is -0.133. The molecule has 6 nitrogen and oxygen atoms in total. The summed E-state index contributed by atoms with van der Waals surface area (Å²) in [7, 11) is 0. The number of anilines is 1. The van der Waals surface area contributed by atoms with Gasteiger partial charge in [0.15, 0.2) is 16.7 Å². The van der Waals surface area contributed by atoms with E-state index in [4.69, 9.17) is 14.5 Å². The third-order valence-corrected chi connectivity index (χ3v) is 8.02. The lowest BCUT2D eigenvalue weighted by Gasteiger charge is -2.36. The average molecular weight is 493 g/mol. The molecule has 2 aliphatic heterocycles. The maximum absolute atomic E-state index is 14.3. The predicted octanol–water partition coefficient (Wildman–Crippen LogP) is 5.45. The Hall–Kier alpha value is -3.26. The number of alkyl halides is 1. The first-order valence-corrected chi connectivity index (χ1v) is 12.8. The van der Waals surface area contributed by atoms with Crippen molar-refractivity contribution >= 4 is 38.4 Å². The van der Waals surface area contributed by atoms with Gasteiger partial charge < -0.3 is 9.47 Å². The van der Waals surface area contributed by atoms with E-state index in [1.165, 1.54) is 11.3 Å². The van der Waals surface area contributed by atoms with Gasteiger partial charge >= 0.3 is 0 Å². The molecular weight excluding hydrogens is 467 g/mol. The van der Waals surface area contributed by atoms with E-state index in [0.29, 0.717) is 35.9 Å². The van der Waals surface area contributed by atoms with Crippen LogP contribution in [0.5, 0.6) is 5.75 Å². The van der Waals surface area contributed by atoms with Crippen LogP contribution in [0.2, 0.25) is 0 Å². The van der Waals surface area contributed by atoms with Crippen LogP contribution < -0.4 is 9.64 Å². The third-order valence-electron chi connectivity index (χ3n) is 7.01. The first kappa shape index (κ1) is 22.2. The summed E-state index contributed by atoms with van der Waals surface area (Å²) >= 11 is 1.41. The highest BCUT2D eigenvalue weighted by atomic mass is 32.1. The Morgan fingerprint density at radius 1 is 1.20 bits per heavy atom. The first-order valence-electron chi connectivity index (χ1n) is 12.0. The van der Waals surface area contributed by atoms with E-state index >= 15 is 0 Å². The zero-order valence-electron chi connectivity index (χ0n) is 19.5. The van der Waals surface area contributed by atoms with Crippen molar-refractivity contribution in [3.05, 3.63) is 64.9 Å². The number of carbonyl (C=O) groups excluding carboxylic acids is 2. The molecule has 0 bridgehead atoms. The number of fused-ring (bicyclic) bond motifs is 2. The Labute approximate surface area is 206 Å². The summed E-state index contributed by atoms with van der Waals surface area (Å²) in [5, 5.41) is 0.500. The fraction of sp³-hybridized carbons (Fsp3) is 0.370. The van der Waals surface area contributed by atoms with Gasteiger partial charge in [0.2, 0.25) is 0 Å². The largest absolute Gasteiger partial charge is 0.494 e. The maximum Gasteiger partial charge on any atom is 0.296 e. The molecule has 1 amide bonds. The molecule has 1 saturated carbocycles. The second kappa shape index (κ2) is 8.45. The number of aromatic nitrogens is 1. The topological polar surface area (TPSA) is 68.7 Å². The summed E-state index contributed by atoms with van der Waals surface area (Å²) in [4.78, 5) is 33.9. The molecule has 0 radical (unpaired) electrons. The zero-order chi connectivity index (χ0) is 24.3. The highest BCUT2D eigenvalue weighted by molar-refractivity contribution is 7.22. The minimum absolute atomic E-state index is 0.0795. The van der Waals surface area contributed by atoms with Gasteiger partial charge in [0.1, 0.15) is 18.0 Å². The highest BCUT2D eigenvalue weighted by Gasteiger charge is 2.54. The summed E-state index contributed by atoms with van der Waals surface area (Å²) < 4.78 is 27.1. The van der Waals surface area contributed by atoms with E-state index < -0.39 is 24.2 Å². The first-order chi connectivity index (χ1) is 16.9. The van der Waals surface area contributed by atoms with Crippen molar-refractivity contribution in [3.63, 3.8) is 0 Å². The molecular formula is C27H25FN2O4S. The maximum atomic E-state index is 14.3. The zero-order valence-corrected chi connectivity index (χ0v) is 20.3. The third kappa shape index (κ3) is 3.62. The molecule has 180 valence electrons.